The van der Waals surface area contributed by atoms with Gasteiger partial charge in [-0.05, 0) is 22.6 Å². The van der Waals surface area contributed by atoms with E-state index in [2.05, 4.69) is 37.7 Å². The highest BCUT2D eigenvalue weighted by atomic mass is 127. The second kappa shape index (κ2) is 5.39. The van der Waals surface area contributed by atoms with Crippen LogP contribution in [0, 0.1) is 3.70 Å². The summed E-state index contributed by atoms with van der Waals surface area (Å²) >= 11 is 2.07. The Labute approximate surface area is 127 Å². The predicted molar refractivity (Wildman–Crippen MR) is 76.2 cm³/mol. The highest BCUT2D eigenvalue weighted by molar-refractivity contribution is 14.1. The van der Waals surface area contributed by atoms with Gasteiger partial charge in [0.15, 0.2) is 11.9 Å². The lowest BCUT2D eigenvalue weighted by Crippen LogP contribution is -2.24. The van der Waals surface area contributed by atoms with Crippen molar-refractivity contribution in [1.29, 1.82) is 0 Å². The molecule has 0 spiro atoms. The van der Waals surface area contributed by atoms with Gasteiger partial charge in [-0.25, -0.2) is 14.6 Å². The van der Waals surface area contributed by atoms with Gasteiger partial charge in [0.05, 0.1) is 19.8 Å². The van der Waals surface area contributed by atoms with Crippen molar-refractivity contribution in [3.8, 4) is 5.88 Å². The molecule has 2 aromatic heterocycles. The number of aromatic nitrogens is 4. The van der Waals surface area contributed by atoms with Crippen LogP contribution in [0.1, 0.15) is 12.6 Å². The van der Waals surface area contributed by atoms with Crippen molar-refractivity contribution in [3.63, 3.8) is 0 Å². The Morgan fingerprint density at radius 2 is 2.35 bits per heavy atom. The van der Waals surface area contributed by atoms with Crippen LogP contribution < -0.4 is 4.74 Å². The second-order valence-electron chi connectivity index (χ2n) is 4.43. The van der Waals surface area contributed by atoms with Crippen molar-refractivity contribution in [2.45, 2.75) is 24.9 Å². The summed E-state index contributed by atoms with van der Waals surface area (Å²) in [5.41, 5.74) is 0.581. The first-order valence-electron chi connectivity index (χ1n) is 6.02. The molecule has 3 heterocycles. The molecule has 1 aliphatic heterocycles. The molecule has 8 nitrogen and oxygen atoms in total. The normalized spacial score (nSPS) is 26.3. The summed E-state index contributed by atoms with van der Waals surface area (Å²) in [6.45, 7) is -0.230. The first-order chi connectivity index (χ1) is 9.65. The van der Waals surface area contributed by atoms with Crippen molar-refractivity contribution < 1.29 is 19.7 Å². The molecule has 0 aliphatic carbocycles. The maximum Gasteiger partial charge on any atom is 0.228 e. The van der Waals surface area contributed by atoms with Gasteiger partial charge in [0.2, 0.25) is 5.88 Å². The molecule has 0 bridgehead atoms. The molecular formula is C11H13IN4O4. The summed E-state index contributed by atoms with van der Waals surface area (Å²) in [5.74, 6) is 0.447. The fraction of sp³-hybridized carbons (Fsp3) is 0.545. The highest BCUT2D eigenvalue weighted by Gasteiger charge is 2.36. The Hall–Kier alpha value is -1.04. The molecule has 1 saturated heterocycles. The van der Waals surface area contributed by atoms with E-state index in [0.29, 0.717) is 27.0 Å². The van der Waals surface area contributed by atoms with E-state index in [1.807, 2.05) is 0 Å². The molecule has 3 atom stereocenters. The van der Waals surface area contributed by atoms with E-state index >= 15 is 0 Å². The van der Waals surface area contributed by atoms with Crippen molar-refractivity contribution >= 4 is 33.6 Å². The van der Waals surface area contributed by atoms with Crippen LogP contribution in [0.3, 0.4) is 0 Å². The van der Waals surface area contributed by atoms with E-state index < -0.39 is 18.4 Å². The molecule has 20 heavy (non-hydrogen) atoms. The van der Waals surface area contributed by atoms with Gasteiger partial charge in [0.1, 0.15) is 21.5 Å². The fourth-order valence-electron chi connectivity index (χ4n) is 2.29. The lowest BCUT2D eigenvalue weighted by Gasteiger charge is -2.12. The Bertz CT molecular complexity index is 634. The van der Waals surface area contributed by atoms with Crippen LogP contribution in [0.5, 0.6) is 5.88 Å². The standard InChI is InChI=1S/C11H13IN4O4/c1-19-11-8-9(12)15-16(10(8)13-4-14-11)7-2-5(18)6(3-17)20-7/h4-7,17-18H,2-3H2,1H3. The number of hydrogen-bond acceptors (Lipinski definition) is 7. The molecule has 0 radical (unpaired) electrons. The van der Waals surface area contributed by atoms with Crippen LogP contribution in [-0.2, 0) is 4.74 Å². The van der Waals surface area contributed by atoms with Crippen LogP contribution in [0.15, 0.2) is 6.33 Å². The summed E-state index contributed by atoms with van der Waals surface area (Å²) < 4.78 is 13.1. The van der Waals surface area contributed by atoms with E-state index in [0.717, 1.165) is 0 Å². The Kier molecular flexibility index (Phi) is 3.75. The number of aliphatic hydroxyl groups is 2. The molecule has 9 heteroatoms. The third kappa shape index (κ3) is 2.14. The summed E-state index contributed by atoms with van der Waals surface area (Å²) in [5, 5.41) is 24.1. The number of ether oxygens (including phenoxy) is 2. The van der Waals surface area contributed by atoms with E-state index in [9.17, 15) is 5.11 Å². The van der Waals surface area contributed by atoms with Gasteiger partial charge in [0, 0.05) is 6.42 Å². The van der Waals surface area contributed by atoms with Crippen molar-refractivity contribution in [2.24, 2.45) is 0 Å². The first-order valence-corrected chi connectivity index (χ1v) is 7.10. The smallest absolute Gasteiger partial charge is 0.228 e. The summed E-state index contributed by atoms with van der Waals surface area (Å²) in [7, 11) is 1.53. The van der Waals surface area contributed by atoms with E-state index in [-0.39, 0.29) is 6.61 Å². The van der Waals surface area contributed by atoms with Crippen molar-refractivity contribution in [1.82, 2.24) is 19.7 Å². The lowest BCUT2D eigenvalue weighted by atomic mass is 10.2. The largest absolute Gasteiger partial charge is 0.480 e. The quantitative estimate of drug-likeness (QED) is 0.714. The monoisotopic (exact) mass is 392 g/mol. The Morgan fingerprint density at radius 1 is 1.55 bits per heavy atom. The maximum absolute atomic E-state index is 9.81. The van der Waals surface area contributed by atoms with E-state index in [4.69, 9.17) is 14.6 Å². The van der Waals surface area contributed by atoms with Gasteiger partial charge in [-0.2, -0.15) is 5.10 Å². The number of fused-ring (bicyclic) bond motifs is 1. The molecule has 2 N–H and O–H groups in total. The average molecular weight is 392 g/mol. The molecule has 3 unspecified atom stereocenters. The summed E-state index contributed by atoms with van der Waals surface area (Å²) in [4.78, 5) is 8.26. The number of halogens is 1. The van der Waals surface area contributed by atoms with Crippen LogP contribution in [0.25, 0.3) is 11.0 Å². The van der Waals surface area contributed by atoms with Gasteiger partial charge in [0.25, 0.3) is 0 Å². The third-order valence-electron chi connectivity index (χ3n) is 3.26. The number of hydrogen-bond donors (Lipinski definition) is 2. The van der Waals surface area contributed by atoms with Gasteiger partial charge >= 0.3 is 0 Å². The van der Waals surface area contributed by atoms with Gasteiger partial charge in [-0.15, -0.1) is 0 Å². The minimum absolute atomic E-state index is 0.230. The zero-order valence-electron chi connectivity index (χ0n) is 10.6. The summed E-state index contributed by atoms with van der Waals surface area (Å²) in [6, 6.07) is 0. The van der Waals surface area contributed by atoms with Crippen LogP contribution >= 0.6 is 22.6 Å². The SMILES string of the molecule is COc1ncnc2c1c(I)nn2C1CC(O)C(CO)O1. The number of methoxy groups -OCH3 is 1. The van der Waals surface area contributed by atoms with Crippen molar-refractivity contribution in [3.05, 3.63) is 10.0 Å². The third-order valence-corrected chi connectivity index (χ3v) is 4.02. The molecule has 1 fully saturated rings. The maximum atomic E-state index is 9.81. The Morgan fingerprint density at radius 3 is 3.00 bits per heavy atom. The second-order valence-corrected chi connectivity index (χ2v) is 5.45. The molecule has 2 aromatic rings. The Balaban J connectivity index is 2.05. The zero-order chi connectivity index (χ0) is 14.3. The van der Waals surface area contributed by atoms with Crippen LogP contribution in [0.4, 0.5) is 0 Å². The molecule has 0 amide bonds. The fourth-order valence-corrected chi connectivity index (χ4v) is 3.00. The molecule has 1 aliphatic rings. The highest BCUT2D eigenvalue weighted by Crippen LogP contribution is 2.33. The molecular weight excluding hydrogens is 379 g/mol. The first kappa shape index (κ1) is 13.9. The predicted octanol–water partition coefficient (Wildman–Crippen LogP) is 0.0802. The zero-order valence-corrected chi connectivity index (χ0v) is 12.8. The molecule has 0 saturated carbocycles. The number of nitrogens with zero attached hydrogens (tertiary/aromatic N) is 4. The average Bonchev–Trinajstić information content (AvgIpc) is 2.99. The minimum atomic E-state index is -0.717. The number of aliphatic hydroxyl groups excluding tert-OH is 2. The van der Waals surface area contributed by atoms with E-state index in [1.54, 1.807) is 4.68 Å². The van der Waals surface area contributed by atoms with Crippen LogP contribution in [0.2, 0.25) is 0 Å². The summed E-state index contributed by atoms with van der Waals surface area (Å²) in [6.07, 6.45) is -0.0339. The van der Waals surface area contributed by atoms with Crippen LogP contribution in [-0.4, -0.2) is 55.9 Å². The number of rotatable bonds is 3. The van der Waals surface area contributed by atoms with Gasteiger partial charge < -0.3 is 19.7 Å². The van der Waals surface area contributed by atoms with Gasteiger partial charge in [-0.3, -0.25) is 0 Å². The molecule has 108 valence electrons. The molecule has 3 rings (SSSR count). The van der Waals surface area contributed by atoms with Gasteiger partial charge in [-0.1, -0.05) is 0 Å². The minimum Gasteiger partial charge on any atom is -0.480 e. The van der Waals surface area contributed by atoms with Crippen molar-refractivity contribution in [2.75, 3.05) is 13.7 Å². The molecule has 0 aromatic carbocycles. The van der Waals surface area contributed by atoms with E-state index in [1.165, 1.54) is 13.4 Å². The lowest BCUT2D eigenvalue weighted by molar-refractivity contribution is -0.0471. The topological polar surface area (TPSA) is 103 Å².